The lowest BCUT2D eigenvalue weighted by Gasteiger charge is -2.31. The molecule has 2 rings (SSSR count). The molecule has 20 heavy (non-hydrogen) atoms. The van der Waals surface area contributed by atoms with Crippen molar-refractivity contribution in [2.75, 3.05) is 13.1 Å². The van der Waals surface area contributed by atoms with Gasteiger partial charge in [-0.2, -0.15) is 5.10 Å². The summed E-state index contributed by atoms with van der Waals surface area (Å²) < 4.78 is 1.73. The fraction of sp³-hybridized carbons (Fsp3) is 0.733. The summed E-state index contributed by atoms with van der Waals surface area (Å²) in [5.41, 5.74) is 7.50. The minimum atomic E-state index is 0.114. The molecule has 1 aliphatic carbocycles. The molecular formula is C15H26N4O. The molecule has 112 valence electrons. The van der Waals surface area contributed by atoms with E-state index in [1.165, 1.54) is 6.42 Å². The smallest absolute Gasteiger partial charge is 0.257 e. The third kappa shape index (κ3) is 2.73. The van der Waals surface area contributed by atoms with E-state index in [-0.39, 0.29) is 5.91 Å². The number of carbonyl (C=O) groups excluding carboxylic acids is 1. The first-order valence-corrected chi connectivity index (χ1v) is 7.65. The fourth-order valence-corrected chi connectivity index (χ4v) is 3.36. The van der Waals surface area contributed by atoms with Gasteiger partial charge in [-0.1, -0.05) is 13.3 Å². The highest BCUT2D eigenvalue weighted by molar-refractivity contribution is 5.95. The zero-order valence-corrected chi connectivity index (χ0v) is 12.8. The monoisotopic (exact) mass is 278 g/mol. The van der Waals surface area contributed by atoms with Gasteiger partial charge in [-0.15, -0.1) is 0 Å². The molecule has 1 aliphatic rings. The van der Waals surface area contributed by atoms with Crippen molar-refractivity contribution in [1.29, 1.82) is 0 Å². The second kappa shape index (κ2) is 6.39. The molecule has 0 radical (unpaired) electrons. The van der Waals surface area contributed by atoms with Gasteiger partial charge in [0.25, 0.3) is 5.91 Å². The van der Waals surface area contributed by atoms with Crippen LogP contribution in [0.1, 0.15) is 49.2 Å². The summed E-state index contributed by atoms with van der Waals surface area (Å²) in [4.78, 5) is 14.8. The van der Waals surface area contributed by atoms with Crippen molar-refractivity contribution in [1.82, 2.24) is 14.7 Å². The van der Waals surface area contributed by atoms with E-state index < -0.39 is 0 Å². The molecule has 5 heteroatoms. The molecule has 5 nitrogen and oxygen atoms in total. The molecule has 1 amide bonds. The predicted octanol–water partition coefficient (Wildman–Crippen LogP) is 1.57. The van der Waals surface area contributed by atoms with Gasteiger partial charge in [-0.05, 0) is 38.6 Å². The number of nitrogens with two attached hydrogens (primary N) is 1. The van der Waals surface area contributed by atoms with Crippen LogP contribution in [0.25, 0.3) is 0 Å². The third-order valence-corrected chi connectivity index (χ3v) is 4.39. The van der Waals surface area contributed by atoms with E-state index in [1.807, 2.05) is 32.0 Å². The summed E-state index contributed by atoms with van der Waals surface area (Å²) >= 11 is 0. The molecule has 0 spiro atoms. The summed E-state index contributed by atoms with van der Waals surface area (Å²) in [5.74, 6) is 0.559. The molecule has 0 aromatic carbocycles. The van der Waals surface area contributed by atoms with E-state index in [4.69, 9.17) is 5.73 Å². The van der Waals surface area contributed by atoms with E-state index >= 15 is 0 Å². The van der Waals surface area contributed by atoms with Crippen LogP contribution < -0.4 is 5.73 Å². The van der Waals surface area contributed by atoms with Crippen LogP contribution in [-0.2, 0) is 13.5 Å². The van der Waals surface area contributed by atoms with Crippen LogP contribution in [0.2, 0.25) is 0 Å². The van der Waals surface area contributed by atoms with Gasteiger partial charge < -0.3 is 10.6 Å². The van der Waals surface area contributed by atoms with Crippen LogP contribution in [0.5, 0.6) is 0 Å². The topological polar surface area (TPSA) is 64.2 Å². The van der Waals surface area contributed by atoms with Gasteiger partial charge in [0.15, 0.2) is 0 Å². The highest BCUT2D eigenvalue weighted by Crippen LogP contribution is 2.30. The average molecular weight is 278 g/mol. The Morgan fingerprint density at radius 1 is 1.50 bits per heavy atom. The molecule has 1 heterocycles. The number of hydrogen-bond donors (Lipinski definition) is 1. The first-order chi connectivity index (χ1) is 9.62. The zero-order chi connectivity index (χ0) is 14.7. The van der Waals surface area contributed by atoms with Gasteiger partial charge in [0.05, 0.1) is 11.3 Å². The van der Waals surface area contributed by atoms with Crippen LogP contribution in [0, 0.1) is 5.92 Å². The largest absolute Gasteiger partial charge is 0.336 e. The number of carbonyl (C=O) groups is 1. The first-order valence-electron chi connectivity index (χ1n) is 7.65. The number of aromatic nitrogens is 2. The van der Waals surface area contributed by atoms with Gasteiger partial charge in [-0.25, -0.2) is 0 Å². The lowest BCUT2D eigenvalue weighted by Crippen LogP contribution is -2.44. The Balaban J connectivity index is 2.24. The minimum absolute atomic E-state index is 0.114. The zero-order valence-electron chi connectivity index (χ0n) is 12.8. The van der Waals surface area contributed by atoms with Gasteiger partial charge in [0, 0.05) is 25.8 Å². The Morgan fingerprint density at radius 3 is 2.85 bits per heavy atom. The molecule has 0 aliphatic heterocycles. The highest BCUT2D eigenvalue weighted by Gasteiger charge is 2.34. The van der Waals surface area contributed by atoms with Gasteiger partial charge in [-0.3, -0.25) is 9.48 Å². The van der Waals surface area contributed by atoms with E-state index in [0.29, 0.717) is 18.5 Å². The van der Waals surface area contributed by atoms with Crippen LogP contribution >= 0.6 is 0 Å². The van der Waals surface area contributed by atoms with Crippen LogP contribution in [0.15, 0.2) is 6.20 Å². The number of amides is 1. The van der Waals surface area contributed by atoms with E-state index in [0.717, 1.165) is 37.1 Å². The Morgan fingerprint density at radius 2 is 2.25 bits per heavy atom. The second-order valence-corrected chi connectivity index (χ2v) is 5.60. The van der Waals surface area contributed by atoms with Crippen molar-refractivity contribution < 1.29 is 4.79 Å². The van der Waals surface area contributed by atoms with Gasteiger partial charge >= 0.3 is 0 Å². The van der Waals surface area contributed by atoms with Gasteiger partial charge in [0.2, 0.25) is 0 Å². The Labute approximate surface area is 121 Å². The summed E-state index contributed by atoms with van der Waals surface area (Å²) in [7, 11) is 1.87. The van der Waals surface area contributed by atoms with Crippen molar-refractivity contribution in [3.8, 4) is 0 Å². The molecule has 1 fully saturated rings. The lowest BCUT2D eigenvalue weighted by atomic mass is 10.0. The molecule has 1 aromatic rings. The van der Waals surface area contributed by atoms with Crippen LogP contribution in [-0.4, -0.2) is 39.7 Å². The fourth-order valence-electron chi connectivity index (χ4n) is 3.36. The summed E-state index contributed by atoms with van der Waals surface area (Å²) in [6.07, 6.45) is 6.01. The lowest BCUT2D eigenvalue weighted by molar-refractivity contribution is 0.0651. The predicted molar refractivity (Wildman–Crippen MR) is 79.5 cm³/mol. The van der Waals surface area contributed by atoms with Crippen molar-refractivity contribution in [2.24, 2.45) is 18.7 Å². The molecule has 2 atom stereocenters. The van der Waals surface area contributed by atoms with Crippen molar-refractivity contribution in [2.45, 2.75) is 45.6 Å². The summed E-state index contributed by atoms with van der Waals surface area (Å²) in [5, 5.41) is 4.38. The SMILES string of the molecule is CCc1nn(C)cc1C(=O)N(CC)C1CCCC1CN. The average Bonchev–Trinajstić information content (AvgIpc) is 3.05. The van der Waals surface area contributed by atoms with Crippen molar-refractivity contribution >= 4 is 5.91 Å². The number of rotatable bonds is 5. The van der Waals surface area contributed by atoms with Crippen molar-refractivity contribution in [3.63, 3.8) is 0 Å². The molecule has 1 aromatic heterocycles. The minimum Gasteiger partial charge on any atom is -0.336 e. The molecule has 2 N–H and O–H groups in total. The van der Waals surface area contributed by atoms with E-state index in [2.05, 4.69) is 5.10 Å². The number of nitrogens with zero attached hydrogens (tertiary/aromatic N) is 3. The highest BCUT2D eigenvalue weighted by atomic mass is 16.2. The maximum Gasteiger partial charge on any atom is 0.257 e. The molecule has 1 saturated carbocycles. The normalized spacial score (nSPS) is 22.2. The quantitative estimate of drug-likeness (QED) is 0.889. The van der Waals surface area contributed by atoms with Crippen LogP contribution in [0.4, 0.5) is 0 Å². The molecule has 0 bridgehead atoms. The number of hydrogen-bond acceptors (Lipinski definition) is 3. The van der Waals surface area contributed by atoms with Crippen LogP contribution in [0.3, 0.4) is 0 Å². The standard InChI is InChI=1S/C15H26N4O/c1-4-13-12(10-18(3)17-13)15(20)19(5-2)14-8-6-7-11(14)9-16/h10-11,14H,4-9,16H2,1-3H3. The third-order valence-electron chi connectivity index (χ3n) is 4.39. The van der Waals surface area contributed by atoms with E-state index in [1.54, 1.807) is 4.68 Å². The van der Waals surface area contributed by atoms with Crippen molar-refractivity contribution in [3.05, 3.63) is 17.5 Å². The molecular weight excluding hydrogens is 252 g/mol. The Kier molecular flexibility index (Phi) is 4.81. The molecule has 0 saturated heterocycles. The summed E-state index contributed by atoms with van der Waals surface area (Å²) in [6, 6.07) is 0.294. The Hall–Kier alpha value is -1.36. The maximum atomic E-state index is 12.8. The first kappa shape index (κ1) is 15.0. The molecule has 2 unspecified atom stereocenters. The maximum absolute atomic E-state index is 12.8. The van der Waals surface area contributed by atoms with E-state index in [9.17, 15) is 4.79 Å². The summed E-state index contributed by atoms with van der Waals surface area (Å²) in [6.45, 7) is 5.49. The van der Waals surface area contributed by atoms with Gasteiger partial charge in [0.1, 0.15) is 0 Å². The second-order valence-electron chi connectivity index (χ2n) is 5.60. The number of aryl methyl sites for hydroxylation is 2. The Bertz CT molecular complexity index is 468.